The maximum absolute atomic E-state index is 11.5. The summed E-state index contributed by atoms with van der Waals surface area (Å²) in [6.07, 6.45) is 3.90. The fraction of sp³-hybridized carbons (Fsp3) is 0.600. The Kier molecular flexibility index (Phi) is 3.46. The highest BCUT2D eigenvalue weighted by Gasteiger charge is 2.16. The molecule has 2 rings (SSSR count). The van der Waals surface area contributed by atoms with Crippen molar-refractivity contribution in [3.05, 3.63) is 21.6 Å². The number of aromatic nitrogens is 2. The van der Waals surface area contributed by atoms with Crippen molar-refractivity contribution in [3.63, 3.8) is 0 Å². The third-order valence-electron chi connectivity index (χ3n) is 2.62. The summed E-state index contributed by atoms with van der Waals surface area (Å²) in [5, 5.41) is 7.17. The number of halogens is 1. The standard InChI is InChI=1S/C10H14ClN3O2/c1-14-10(15)9(11)8(6-13-14)12-5-7-3-2-4-16-7/h6-7,12H,2-5H2,1H3/t7-/m0/s1. The van der Waals surface area contributed by atoms with Crippen LogP contribution in [0.1, 0.15) is 12.8 Å². The molecule has 0 radical (unpaired) electrons. The lowest BCUT2D eigenvalue weighted by atomic mass is 10.2. The number of ether oxygens (including phenoxy) is 1. The fourth-order valence-corrected chi connectivity index (χ4v) is 1.90. The molecule has 2 heterocycles. The molecule has 0 spiro atoms. The van der Waals surface area contributed by atoms with Gasteiger partial charge < -0.3 is 10.1 Å². The molecular weight excluding hydrogens is 230 g/mol. The lowest BCUT2D eigenvalue weighted by Crippen LogP contribution is -2.24. The highest BCUT2D eigenvalue weighted by atomic mass is 35.5. The molecule has 0 unspecified atom stereocenters. The van der Waals surface area contributed by atoms with Crippen LogP contribution < -0.4 is 10.9 Å². The number of anilines is 1. The SMILES string of the molecule is Cn1ncc(NC[C@@H]2CCCO2)c(Cl)c1=O. The molecule has 1 N–H and O–H groups in total. The first-order chi connectivity index (χ1) is 7.68. The molecule has 1 aliphatic heterocycles. The molecule has 0 amide bonds. The minimum absolute atomic E-state index is 0.176. The van der Waals surface area contributed by atoms with Gasteiger partial charge in [0.2, 0.25) is 0 Å². The second-order valence-corrected chi connectivity index (χ2v) is 4.19. The van der Waals surface area contributed by atoms with E-state index in [-0.39, 0.29) is 16.7 Å². The van der Waals surface area contributed by atoms with Gasteiger partial charge in [-0.2, -0.15) is 5.10 Å². The summed E-state index contributed by atoms with van der Waals surface area (Å²) in [4.78, 5) is 11.5. The van der Waals surface area contributed by atoms with Gasteiger partial charge in [-0.1, -0.05) is 11.6 Å². The van der Waals surface area contributed by atoms with Crippen LogP contribution in [0.3, 0.4) is 0 Å². The van der Waals surface area contributed by atoms with Gasteiger partial charge in [0.05, 0.1) is 18.0 Å². The van der Waals surface area contributed by atoms with Gasteiger partial charge in [0.25, 0.3) is 5.56 Å². The Bertz CT molecular complexity index is 427. The van der Waals surface area contributed by atoms with Crippen molar-refractivity contribution < 1.29 is 4.74 Å². The smallest absolute Gasteiger partial charge is 0.287 e. The molecule has 0 aliphatic carbocycles. The van der Waals surface area contributed by atoms with Gasteiger partial charge in [-0.3, -0.25) is 4.79 Å². The van der Waals surface area contributed by atoms with Crippen LogP contribution in [-0.4, -0.2) is 29.0 Å². The number of nitrogens with one attached hydrogen (secondary N) is 1. The van der Waals surface area contributed by atoms with E-state index in [9.17, 15) is 4.79 Å². The number of rotatable bonds is 3. The van der Waals surface area contributed by atoms with Crippen molar-refractivity contribution in [2.24, 2.45) is 7.05 Å². The zero-order chi connectivity index (χ0) is 11.5. The molecule has 1 atom stereocenters. The summed E-state index contributed by atoms with van der Waals surface area (Å²) >= 11 is 5.91. The van der Waals surface area contributed by atoms with E-state index in [0.717, 1.165) is 19.4 Å². The largest absolute Gasteiger partial charge is 0.380 e. The predicted octanol–water partition coefficient (Wildman–Crippen LogP) is 1.02. The van der Waals surface area contributed by atoms with Crippen LogP contribution in [0.15, 0.2) is 11.0 Å². The van der Waals surface area contributed by atoms with Crippen molar-refractivity contribution >= 4 is 17.3 Å². The van der Waals surface area contributed by atoms with Gasteiger partial charge in [0, 0.05) is 20.2 Å². The Morgan fingerprint density at radius 3 is 3.25 bits per heavy atom. The topological polar surface area (TPSA) is 56.1 Å². The molecule has 0 bridgehead atoms. The maximum Gasteiger partial charge on any atom is 0.287 e. The molecule has 1 aliphatic rings. The zero-order valence-corrected chi connectivity index (χ0v) is 9.83. The molecule has 6 heteroatoms. The summed E-state index contributed by atoms with van der Waals surface area (Å²) < 4.78 is 6.67. The Balaban J connectivity index is 2.04. The summed E-state index contributed by atoms with van der Waals surface area (Å²) in [6.45, 7) is 1.48. The molecule has 1 aromatic rings. The average Bonchev–Trinajstić information content (AvgIpc) is 2.78. The summed E-state index contributed by atoms with van der Waals surface area (Å²) in [5.41, 5.74) is 0.277. The van der Waals surface area contributed by atoms with Crippen LogP contribution in [0.2, 0.25) is 5.02 Å². The van der Waals surface area contributed by atoms with Gasteiger partial charge >= 0.3 is 0 Å². The van der Waals surface area contributed by atoms with E-state index in [1.165, 1.54) is 4.68 Å². The van der Waals surface area contributed by atoms with Gasteiger partial charge in [-0.05, 0) is 12.8 Å². The highest BCUT2D eigenvalue weighted by Crippen LogP contribution is 2.17. The van der Waals surface area contributed by atoms with Gasteiger partial charge in [0.1, 0.15) is 5.02 Å². The second kappa shape index (κ2) is 4.84. The van der Waals surface area contributed by atoms with E-state index in [2.05, 4.69) is 10.4 Å². The quantitative estimate of drug-likeness (QED) is 0.862. The van der Waals surface area contributed by atoms with E-state index in [1.54, 1.807) is 13.2 Å². The summed E-state index contributed by atoms with van der Waals surface area (Å²) in [6, 6.07) is 0. The van der Waals surface area contributed by atoms with Crippen LogP contribution in [-0.2, 0) is 11.8 Å². The van der Waals surface area contributed by atoms with Gasteiger partial charge in [-0.25, -0.2) is 4.68 Å². The van der Waals surface area contributed by atoms with E-state index < -0.39 is 0 Å². The number of hydrogen-bond acceptors (Lipinski definition) is 4. The third-order valence-corrected chi connectivity index (χ3v) is 2.99. The van der Waals surface area contributed by atoms with E-state index in [0.29, 0.717) is 12.2 Å². The van der Waals surface area contributed by atoms with E-state index >= 15 is 0 Å². The molecule has 0 aromatic carbocycles. The molecule has 1 fully saturated rings. The predicted molar refractivity (Wildman–Crippen MR) is 62.0 cm³/mol. The Hall–Kier alpha value is -1.07. The fourth-order valence-electron chi connectivity index (χ4n) is 1.66. The molecule has 1 saturated heterocycles. The van der Waals surface area contributed by atoms with Crippen LogP contribution in [0.4, 0.5) is 5.69 Å². The lowest BCUT2D eigenvalue weighted by molar-refractivity contribution is 0.120. The molecular formula is C10H14ClN3O2. The van der Waals surface area contributed by atoms with Crippen molar-refractivity contribution in [1.82, 2.24) is 9.78 Å². The average molecular weight is 244 g/mol. The van der Waals surface area contributed by atoms with E-state index in [1.807, 2.05) is 0 Å². The highest BCUT2D eigenvalue weighted by molar-refractivity contribution is 6.32. The minimum atomic E-state index is -0.293. The number of hydrogen-bond donors (Lipinski definition) is 1. The monoisotopic (exact) mass is 243 g/mol. The Labute approximate surface area is 98.4 Å². The number of aryl methyl sites for hydroxylation is 1. The third kappa shape index (κ3) is 2.36. The summed E-state index contributed by atoms with van der Waals surface area (Å²) in [7, 11) is 1.57. The maximum atomic E-state index is 11.5. The molecule has 16 heavy (non-hydrogen) atoms. The lowest BCUT2D eigenvalue weighted by Gasteiger charge is -2.12. The minimum Gasteiger partial charge on any atom is -0.380 e. The Morgan fingerprint density at radius 2 is 2.56 bits per heavy atom. The zero-order valence-electron chi connectivity index (χ0n) is 9.07. The van der Waals surface area contributed by atoms with Crippen molar-refractivity contribution in [2.45, 2.75) is 18.9 Å². The Morgan fingerprint density at radius 1 is 1.75 bits per heavy atom. The van der Waals surface area contributed by atoms with Crippen LogP contribution >= 0.6 is 11.6 Å². The van der Waals surface area contributed by atoms with E-state index in [4.69, 9.17) is 16.3 Å². The first-order valence-corrected chi connectivity index (χ1v) is 5.63. The molecule has 88 valence electrons. The van der Waals surface area contributed by atoms with Crippen LogP contribution in [0, 0.1) is 0 Å². The van der Waals surface area contributed by atoms with Crippen LogP contribution in [0.25, 0.3) is 0 Å². The first kappa shape index (κ1) is 11.4. The normalized spacial score (nSPS) is 20.0. The number of nitrogens with zero attached hydrogens (tertiary/aromatic N) is 2. The van der Waals surface area contributed by atoms with Crippen molar-refractivity contribution in [2.75, 3.05) is 18.5 Å². The van der Waals surface area contributed by atoms with Gasteiger partial charge in [-0.15, -0.1) is 0 Å². The first-order valence-electron chi connectivity index (χ1n) is 5.26. The molecule has 0 saturated carbocycles. The molecule has 5 nitrogen and oxygen atoms in total. The van der Waals surface area contributed by atoms with Crippen LogP contribution in [0.5, 0.6) is 0 Å². The summed E-state index contributed by atoms with van der Waals surface area (Å²) in [5.74, 6) is 0. The molecule has 1 aromatic heterocycles. The van der Waals surface area contributed by atoms with Crippen molar-refractivity contribution in [3.8, 4) is 0 Å². The second-order valence-electron chi connectivity index (χ2n) is 3.82. The van der Waals surface area contributed by atoms with Gasteiger partial charge in [0.15, 0.2) is 0 Å². The van der Waals surface area contributed by atoms with Crippen molar-refractivity contribution in [1.29, 1.82) is 0 Å².